The fourth-order valence-corrected chi connectivity index (χ4v) is 1.77. The molecule has 0 spiro atoms. The van der Waals surface area contributed by atoms with Crippen molar-refractivity contribution in [1.82, 2.24) is 9.55 Å². The highest BCUT2D eigenvalue weighted by Gasteiger charge is 2.12. The number of imidazole rings is 1. The number of carbonyl (C=O) groups is 1. The third-order valence-corrected chi connectivity index (χ3v) is 2.91. The second kappa shape index (κ2) is 5.10. The number of aromatic nitrogens is 2. The highest BCUT2D eigenvalue weighted by atomic mass is 35.5. The molecule has 0 atom stereocenters. The van der Waals surface area contributed by atoms with Crippen LogP contribution >= 0.6 is 11.6 Å². The lowest BCUT2D eigenvalue weighted by Crippen LogP contribution is -2.06. The van der Waals surface area contributed by atoms with Gasteiger partial charge in [0.15, 0.2) is 0 Å². The fraction of sp³-hybridized carbons (Fsp3) is 0.167. The summed E-state index contributed by atoms with van der Waals surface area (Å²) < 4.78 is 6.32. The molecule has 0 amide bonds. The van der Waals surface area contributed by atoms with Crippen LogP contribution in [0.25, 0.3) is 0 Å². The van der Waals surface area contributed by atoms with Crippen molar-refractivity contribution in [3.63, 3.8) is 0 Å². The number of benzene rings is 1. The molecule has 6 heteroatoms. The average Bonchev–Trinajstić information content (AvgIpc) is 2.64. The first-order chi connectivity index (χ1) is 8.58. The molecule has 0 aliphatic carbocycles. The van der Waals surface area contributed by atoms with E-state index in [4.69, 9.17) is 16.7 Å². The van der Waals surface area contributed by atoms with Crippen molar-refractivity contribution in [2.45, 2.75) is 13.5 Å². The van der Waals surface area contributed by atoms with Gasteiger partial charge >= 0.3 is 6.16 Å². The number of ether oxygens (including phenoxy) is 1. The van der Waals surface area contributed by atoms with Gasteiger partial charge in [-0.3, -0.25) is 0 Å². The molecule has 0 unspecified atom stereocenters. The van der Waals surface area contributed by atoms with E-state index in [-0.39, 0.29) is 5.88 Å². The normalized spacial score (nSPS) is 10.3. The fourth-order valence-electron chi connectivity index (χ4n) is 1.58. The van der Waals surface area contributed by atoms with E-state index >= 15 is 0 Å². The summed E-state index contributed by atoms with van der Waals surface area (Å²) in [5.41, 5.74) is 1.57. The first kappa shape index (κ1) is 12.4. The molecule has 1 aromatic heterocycles. The Balaban J connectivity index is 2.23. The molecule has 0 radical (unpaired) electrons. The van der Waals surface area contributed by atoms with E-state index in [1.807, 2.05) is 18.2 Å². The summed E-state index contributed by atoms with van der Waals surface area (Å²) in [5.74, 6) is 0.0922. The van der Waals surface area contributed by atoms with Crippen LogP contribution in [0.1, 0.15) is 11.3 Å². The maximum absolute atomic E-state index is 10.5. The Labute approximate surface area is 109 Å². The summed E-state index contributed by atoms with van der Waals surface area (Å²) >= 11 is 6.06. The summed E-state index contributed by atoms with van der Waals surface area (Å²) in [5, 5.41) is 9.20. The lowest BCUT2D eigenvalue weighted by Gasteiger charge is -2.07. The summed E-state index contributed by atoms with van der Waals surface area (Å²) in [4.78, 5) is 14.3. The SMILES string of the molecule is Cc1c(OC(=O)O)ncn1Cc1ccccc1Cl. The zero-order valence-electron chi connectivity index (χ0n) is 9.63. The van der Waals surface area contributed by atoms with Crippen LogP contribution in [0.4, 0.5) is 4.79 Å². The summed E-state index contributed by atoms with van der Waals surface area (Å²) in [6, 6.07) is 7.45. The number of nitrogens with zero attached hydrogens (tertiary/aromatic N) is 2. The van der Waals surface area contributed by atoms with Crippen molar-refractivity contribution < 1.29 is 14.6 Å². The Hall–Kier alpha value is -2.01. The molecule has 0 saturated heterocycles. The Bertz CT molecular complexity index is 580. The van der Waals surface area contributed by atoms with Gasteiger partial charge in [0.25, 0.3) is 0 Å². The maximum Gasteiger partial charge on any atom is 0.512 e. The summed E-state index contributed by atoms with van der Waals surface area (Å²) in [7, 11) is 0. The summed E-state index contributed by atoms with van der Waals surface area (Å²) in [6.45, 7) is 2.25. The predicted molar refractivity (Wildman–Crippen MR) is 66.2 cm³/mol. The second-order valence-corrected chi connectivity index (χ2v) is 4.13. The number of halogens is 1. The molecule has 1 N–H and O–H groups in total. The highest BCUT2D eigenvalue weighted by Crippen LogP contribution is 2.20. The van der Waals surface area contributed by atoms with Crippen molar-refractivity contribution in [1.29, 1.82) is 0 Å². The molecule has 1 heterocycles. The molecular formula is C12H11ClN2O3. The minimum Gasteiger partial charge on any atom is -0.449 e. The van der Waals surface area contributed by atoms with Crippen molar-refractivity contribution in [2.75, 3.05) is 0 Å². The third kappa shape index (κ3) is 2.62. The van der Waals surface area contributed by atoms with E-state index in [2.05, 4.69) is 9.72 Å². The first-order valence-electron chi connectivity index (χ1n) is 5.24. The van der Waals surface area contributed by atoms with Crippen LogP contribution in [0.2, 0.25) is 5.02 Å². The van der Waals surface area contributed by atoms with Gasteiger partial charge in [0.05, 0.1) is 18.6 Å². The van der Waals surface area contributed by atoms with Gasteiger partial charge in [-0.2, -0.15) is 0 Å². The third-order valence-electron chi connectivity index (χ3n) is 2.54. The topological polar surface area (TPSA) is 64.3 Å². The molecule has 1 aromatic carbocycles. The molecule has 0 aliphatic rings. The van der Waals surface area contributed by atoms with E-state index in [1.54, 1.807) is 17.6 Å². The Morgan fingerprint density at radius 2 is 2.22 bits per heavy atom. The number of hydrogen-bond acceptors (Lipinski definition) is 3. The summed E-state index contributed by atoms with van der Waals surface area (Å²) in [6.07, 6.45) is 0.151. The minimum atomic E-state index is -1.37. The van der Waals surface area contributed by atoms with E-state index in [9.17, 15) is 4.79 Å². The lowest BCUT2D eigenvalue weighted by molar-refractivity contribution is 0.142. The van der Waals surface area contributed by atoms with Crippen molar-refractivity contribution in [2.24, 2.45) is 0 Å². The van der Waals surface area contributed by atoms with Gasteiger partial charge in [-0.15, -0.1) is 0 Å². The molecule has 0 aliphatic heterocycles. The van der Waals surface area contributed by atoms with E-state index in [0.717, 1.165) is 5.56 Å². The Morgan fingerprint density at radius 1 is 1.50 bits per heavy atom. The molecule has 2 aromatic rings. The van der Waals surface area contributed by atoms with Gasteiger partial charge in [0.2, 0.25) is 5.88 Å². The molecule has 0 bridgehead atoms. The Morgan fingerprint density at radius 3 is 2.89 bits per heavy atom. The van der Waals surface area contributed by atoms with Crippen LogP contribution in [-0.4, -0.2) is 20.8 Å². The van der Waals surface area contributed by atoms with Crippen LogP contribution in [-0.2, 0) is 6.54 Å². The van der Waals surface area contributed by atoms with Gasteiger partial charge in [0, 0.05) is 5.02 Å². The van der Waals surface area contributed by atoms with Crippen LogP contribution in [0.5, 0.6) is 5.88 Å². The van der Waals surface area contributed by atoms with Gasteiger partial charge in [-0.1, -0.05) is 29.8 Å². The predicted octanol–water partition coefficient (Wildman–Crippen LogP) is 2.95. The van der Waals surface area contributed by atoms with E-state index in [1.165, 1.54) is 6.33 Å². The van der Waals surface area contributed by atoms with Crippen LogP contribution in [0, 0.1) is 6.92 Å². The standard InChI is InChI=1S/C12H11ClN2O3/c1-8-11(18-12(16)17)14-7-15(8)6-9-4-2-3-5-10(9)13/h2-5,7H,6H2,1H3,(H,16,17). The molecular weight excluding hydrogens is 256 g/mol. The maximum atomic E-state index is 10.5. The van der Waals surface area contributed by atoms with Crippen molar-refractivity contribution in [3.05, 3.63) is 46.9 Å². The molecule has 0 saturated carbocycles. The van der Waals surface area contributed by atoms with Gasteiger partial charge < -0.3 is 14.4 Å². The van der Waals surface area contributed by atoms with Gasteiger partial charge in [-0.25, -0.2) is 9.78 Å². The van der Waals surface area contributed by atoms with Gasteiger partial charge in [-0.05, 0) is 18.6 Å². The van der Waals surface area contributed by atoms with Crippen LogP contribution in [0.3, 0.4) is 0 Å². The van der Waals surface area contributed by atoms with Crippen molar-refractivity contribution >= 4 is 17.8 Å². The van der Waals surface area contributed by atoms with Crippen LogP contribution < -0.4 is 4.74 Å². The zero-order chi connectivity index (χ0) is 13.1. The van der Waals surface area contributed by atoms with E-state index < -0.39 is 6.16 Å². The number of carboxylic acid groups (broad SMARTS) is 1. The van der Waals surface area contributed by atoms with Gasteiger partial charge in [0.1, 0.15) is 0 Å². The number of hydrogen-bond donors (Lipinski definition) is 1. The zero-order valence-corrected chi connectivity index (χ0v) is 10.4. The molecule has 0 fully saturated rings. The molecule has 2 rings (SSSR count). The monoisotopic (exact) mass is 266 g/mol. The lowest BCUT2D eigenvalue weighted by atomic mass is 10.2. The molecule has 94 valence electrons. The Kier molecular flexibility index (Phi) is 3.53. The second-order valence-electron chi connectivity index (χ2n) is 3.72. The quantitative estimate of drug-likeness (QED) is 0.868. The largest absolute Gasteiger partial charge is 0.512 e. The highest BCUT2D eigenvalue weighted by molar-refractivity contribution is 6.31. The smallest absolute Gasteiger partial charge is 0.449 e. The molecule has 18 heavy (non-hydrogen) atoms. The van der Waals surface area contributed by atoms with Crippen molar-refractivity contribution in [3.8, 4) is 5.88 Å². The molecule has 5 nitrogen and oxygen atoms in total. The average molecular weight is 267 g/mol. The minimum absolute atomic E-state index is 0.0922. The van der Waals surface area contributed by atoms with Crippen LogP contribution in [0.15, 0.2) is 30.6 Å². The number of rotatable bonds is 3. The first-order valence-corrected chi connectivity index (χ1v) is 5.61. The van der Waals surface area contributed by atoms with E-state index in [0.29, 0.717) is 17.3 Å².